The van der Waals surface area contributed by atoms with Crippen molar-refractivity contribution < 1.29 is 59.1 Å². The Kier molecular flexibility index (Phi) is 6.42. The highest BCUT2D eigenvalue weighted by atomic mass is 32.2. The number of hydrogen-bond donors (Lipinski definition) is 1. The second-order valence-corrected chi connectivity index (χ2v) is 14.6. The molecule has 0 spiro atoms. The van der Waals surface area contributed by atoms with Gasteiger partial charge < -0.3 is 14.2 Å². The number of carbonyl (C=O) groups is 3. The second-order valence-electron chi connectivity index (χ2n) is 11.9. The Hall–Kier alpha value is -3.95. The number of hydrogen-bond acceptors (Lipinski definition) is 9. The van der Waals surface area contributed by atoms with Gasteiger partial charge >= 0.3 is 28.0 Å². The third kappa shape index (κ3) is 3.97. The third-order valence-electron chi connectivity index (χ3n) is 9.68. The Bertz CT molecular complexity index is 1930. The maximum absolute atomic E-state index is 14.7. The zero-order valence-electron chi connectivity index (χ0n) is 23.1. The lowest BCUT2D eigenvalue weighted by atomic mass is 9.59. The van der Waals surface area contributed by atoms with Gasteiger partial charge in [-0.2, -0.15) is 17.2 Å². The highest BCUT2D eigenvalue weighted by molar-refractivity contribution is 8.01. The first-order chi connectivity index (χ1) is 21.9. The molecule has 3 aliphatic heterocycles. The number of benzene rings is 3. The van der Waals surface area contributed by atoms with E-state index in [4.69, 9.17) is 18.8 Å². The predicted molar refractivity (Wildman–Crippen MR) is 148 cm³/mol. The van der Waals surface area contributed by atoms with Gasteiger partial charge in [-0.25, -0.2) is 8.78 Å². The molecule has 4 bridgehead atoms. The lowest BCUT2D eigenvalue weighted by Gasteiger charge is -2.44. The van der Waals surface area contributed by atoms with Crippen LogP contribution in [-0.2, 0) is 34.0 Å². The third-order valence-corrected chi connectivity index (χ3v) is 12.3. The van der Waals surface area contributed by atoms with Gasteiger partial charge in [0.2, 0.25) is 17.4 Å². The van der Waals surface area contributed by atoms with Crippen LogP contribution in [0.2, 0.25) is 0 Å². The molecule has 6 aliphatic rings. The summed E-state index contributed by atoms with van der Waals surface area (Å²) in [5, 5.41) is -1.65. The van der Waals surface area contributed by atoms with Gasteiger partial charge in [0.15, 0.2) is 28.7 Å². The van der Waals surface area contributed by atoms with Crippen LogP contribution in [-0.4, -0.2) is 53.6 Å². The number of thioether (sulfide) groups is 1. The number of carbonyl (C=O) groups excluding carboxylic acids is 3. The van der Waals surface area contributed by atoms with Crippen molar-refractivity contribution in [1.82, 2.24) is 0 Å². The van der Waals surface area contributed by atoms with Crippen LogP contribution in [0.4, 0.5) is 17.6 Å². The molecule has 3 aromatic carbocycles. The van der Waals surface area contributed by atoms with Gasteiger partial charge in [-0.1, -0.05) is 48.5 Å². The molecule has 15 heteroatoms. The smallest absolute Gasteiger partial charge is 0.316 e. The monoisotopic (exact) mass is 676 g/mol. The molecular formula is C31H20F4O9S2. The number of ether oxygens (including phenoxy) is 3. The SMILES string of the molecule is O=C(OC1C2OC(=O)C3C2SC1C3C(=O)Oc1c(F)c(F)c(S(=O)(=O)O)c(F)c1F)C1CC2c3ccccc3C1c1ccccc12. The summed E-state index contributed by atoms with van der Waals surface area (Å²) in [4.78, 5) is 37.8. The van der Waals surface area contributed by atoms with Crippen LogP contribution in [0.25, 0.3) is 0 Å². The highest BCUT2D eigenvalue weighted by Crippen LogP contribution is 2.60. The van der Waals surface area contributed by atoms with Crippen LogP contribution >= 0.6 is 11.8 Å². The molecule has 9 rings (SSSR count). The summed E-state index contributed by atoms with van der Waals surface area (Å²) < 4.78 is 106. The second kappa shape index (κ2) is 10.0. The van der Waals surface area contributed by atoms with Gasteiger partial charge in [0.25, 0.3) is 0 Å². The number of rotatable bonds is 5. The van der Waals surface area contributed by atoms with E-state index in [1.165, 1.54) is 0 Å². The van der Waals surface area contributed by atoms with Gasteiger partial charge in [-0.3, -0.25) is 18.9 Å². The molecular weight excluding hydrogens is 656 g/mol. The van der Waals surface area contributed by atoms with E-state index >= 15 is 0 Å². The van der Waals surface area contributed by atoms with Crippen molar-refractivity contribution in [2.75, 3.05) is 0 Å². The Labute approximate surface area is 261 Å². The standard InChI is InChI=1S/C31H20F4O9S2/c32-19-21(34)28(46(39,40)41)22(35)20(33)23(19)42-30(37)17-18-27-25(44-31(18)38)24(26(17)45-27)43-29(36)15-9-14-10-5-1-3-7-12(10)16(15)13-8-4-2-6-11(13)14/h1-8,14-18,24-27H,9H2,(H,39,40,41). The van der Waals surface area contributed by atoms with Crippen LogP contribution in [0.5, 0.6) is 5.75 Å². The molecule has 3 aromatic rings. The molecule has 3 saturated heterocycles. The number of esters is 3. The minimum atomic E-state index is -5.74. The van der Waals surface area contributed by atoms with Gasteiger partial charge in [0.05, 0.1) is 28.3 Å². The first-order valence-electron chi connectivity index (χ1n) is 14.2. The minimum Gasteiger partial charge on any atom is -0.457 e. The molecule has 238 valence electrons. The van der Waals surface area contributed by atoms with Crippen LogP contribution in [0.1, 0.15) is 40.5 Å². The average Bonchev–Trinajstić information content (AvgIpc) is 3.65. The molecule has 3 aliphatic carbocycles. The van der Waals surface area contributed by atoms with Crippen LogP contribution in [0.15, 0.2) is 53.4 Å². The zero-order valence-corrected chi connectivity index (χ0v) is 24.7. The average molecular weight is 677 g/mol. The lowest BCUT2D eigenvalue weighted by Crippen LogP contribution is -2.49. The Morgan fingerprint density at radius 3 is 1.98 bits per heavy atom. The van der Waals surface area contributed by atoms with E-state index in [9.17, 15) is 40.4 Å². The largest absolute Gasteiger partial charge is 0.457 e. The van der Waals surface area contributed by atoms with Gasteiger partial charge in [0, 0.05) is 11.8 Å². The minimum absolute atomic E-state index is 0.0569. The van der Waals surface area contributed by atoms with Crippen LogP contribution < -0.4 is 4.74 Å². The van der Waals surface area contributed by atoms with E-state index in [0.717, 1.165) is 34.0 Å². The van der Waals surface area contributed by atoms with Crippen molar-refractivity contribution in [2.45, 2.75) is 45.9 Å². The summed E-state index contributed by atoms with van der Waals surface area (Å²) in [6, 6.07) is 15.7. The molecule has 0 aromatic heterocycles. The summed E-state index contributed by atoms with van der Waals surface area (Å²) >= 11 is 1.10. The Morgan fingerprint density at radius 1 is 0.848 bits per heavy atom. The van der Waals surface area contributed by atoms with Crippen molar-refractivity contribution in [1.29, 1.82) is 0 Å². The first-order valence-corrected chi connectivity index (χ1v) is 16.6. The molecule has 3 fully saturated rings. The summed E-state index contributed by atoms with van der Waals surface area (Å²) in [5.41, 5.74) is 4.24. The lowest BCUT2D eigenvalue weighted by molar-refractivity contribution is -0.165. The molecule has 1 N–H and O–H groups in total. The number of fused-ring (bicyclic) bond motifs is 2. The van der Waals surface area contributed by atoms with Gasteiger partial charge in [-0.05, 0) is 28.7 Å². The molecule has 0 saturated carbocycles. The summed E-state index contributed by atoms with van der Waals surface area (Å²) in [6.45, 7) is 0. The fourth-order valence-corrected chi connectivity index (χ4v) is 10.5. The Balaban J connectivity index is 1.08. The van der Waals surface area contributed by atoms with E-state index in [1.54, 1.807) is 0 Å². The Morgan fingerprint density at radius 2 is 1.41 bits per heavy atom. The molecule has 9 nitrogen and oxygen atoms in total. The number of halogens is 4. The quantitative estimate of drug-likeness (QED) is 0.137. The van der Waals surface area contributed by atoms with Crippen molar-refractivity contribution in [3.63, 3.8) is 0 Å². The van der Waals surface area contributed by atoms with Crippen molar-refractivity contribution >= 4 is 39.8 Å². The van der Waals surface area contributed by atoms with E-state index in [1.807, 2.05) is 48.5 Å². The fourth-order valence-electron chi connectivity index (χ4n) is 7.90. The van der Waals surface area contributed by atoms with E-state index in [0.29, 0.717) is 6.42 Å². The van der Waals surface area contributed by atoms with Crippen molar-refractivity contribution in [3.05, 3.63) is 94.1 Å². The van der Waals surface area contributed by atoms with E-state index < -0.39 is 102 Å². The van der Waals surface area contributed by atoms with Crippen molar-refractivity contribution in [3.8, 4) is 5.75 Å². The summed E-state index contributed by atoms with van der Waals surface area (Å²) in [6.07, 6.45) is -1.59. The molecule has 0 amide bonds. The summed E-state index contributed by atoms with van der Waals surface area (Å²) in [5.74, 6) is -18.2. The first kappa shape index (κ1) is 29.5. The van der Waals surface area contributed by atoms with Crippen molar-refractivity contribution in [2.24, 2.45) is 17.8 Å². The van der Waals surface area contributed by atoms with Gasteiger partial charge in [-0.15, -0.1) is 11.8 Å². The van der Waals surface area contributed by atoms with Crippen LogP contribution in [0, 0.1) is 41.0 Å². The highest BCUT2D eigenvalue weighted by Gasteiger charge is 2.71. The molecule has 0 radical (unpaired) electrons. The predicted octanol–water partition coefficient (Wildman–Crippen LogP) is 4.26. The maximum Gasteiger partial charge on any atom is 0.316 e. The van der Waals surface area contributed by atoms with Crippen LogP contribution in [0.3, 0.4) is 0 Å². The topological polar surface area (TPSA) is 133 Å². The molecule has 3 heterocycles. The van der Waals surface area contributed by atoms with E-state index in [2.05, 4.69) is 0 Å². The molecule has 7 unspecified atom stereocenters. The normalized spacial score (nSPS) is 31.3. The summed E-state index contributed by atoms with van der Waals surface area (Å²) in [7, 11) is -5.74. The molecule has 46 heavy (non-hydrogen) atoms. The zero-order chi connectivity index (χ0) is 32.4. The fraction of sp³-hybridized carbons (Fsp3) is 0.323. The maximum atomic E-state index is 14.7. The van der Waals surface area contributed by atoms with Gasteiger partial charge in [0.1, 0.15) is 0 Å². The van der Waals surface area contributed by atoms with E-state index in [-0.39, 0.29) is 11.8 Å². The molecule has 7 atom stereocenters.